The molecule has 4 nitrogen and oxygen atoms in total. The highest BCUT2D eigenvalue weighted by atomic mass is 32.2. The number of fused-ring (bicyclic) bond motifs is 1. The van der Waals surface area contributed by atoms with Crippen LogP contribution in [-0.4, -0.2) is 47.7 Å². The van der Waals surface area contributed by atoms with E-state index in [1.165, 1.54) is 15.8 Å². The third-order valence-corrected chi connectivity index (χ3v) is 7.08. The predicted molar refractivity (Wildman–Crippen MR) is 115 cm³/mol. The molecule has 0 aliphatic carbocycles. The number of amides is 1. The summed E-state index contributed by atoms with van der Waals surface area (Å²) in [5, 5.41) is 1.07. The van der Waals surface area contributed by atoms with Crippen LogP contribution in [0, 0.1) is 13.8 Å². The van der Waals surface area contributed by atoms with E-state index in [9.17, 15) is 4.79 Å². The number of benzene rings is 2. The number of hydrogen-bond acceptors (Lipinski definition) is 5. The first kappa shape index (κ1) is 18.3. The van der Waals surface area contributed by atoms with Crippen LogP contribution in [0.4, 0.5) is 5.13 Å². The largest absolute Gasteiger partial charge is 0.345 e. The first-order chi connectivity index (χ1) is 13.1. The fourth-order valence-electron chi connectivity index (χ4n) is 3.20. The average molecular weight is 398 g/mol. The lowest BCUT2D eigenvalue weighted by atomic mass is 10.1. The highest BCUT2D eigenvalue weighted by molar-refractivity contribution is 8.00. The van der Waals surface area contributed by atoms with Gasteiger partial charge in [-0.25, -0.2) is 4.98 Å². The molecule has 0 N–H and O–H groups in total. The summed E-state index contributed by atoms with van der Waals surface area (Å²) < 4.78 is 1.24. The van der Waals surface area contributed by atoms with Crippen LogP contribution in [0.3, 0.4) is 0 Å². The molecule has 1 aliphatic rings. The van der Waals surface area contributed by atoms with Gasteiger partial charge in [-0.3, -0.25) is 4.79 Å². The summed E-state index contributed by atoms with van der Waals surface area (Å²) in [6, 6.07) is 14.5. The summed E-state index contributed by atoms with van der Waals surface area (Å²) in [7, 11) is 0. The van der Waals surface area contributed by atoms with E-state index in [0.717, 1.165) is 41.7 Å². The zero-order valence-corrected chi connectivity index (χ0v) is 17.3. The van der Waals surface area contributed by atoms with Gasteiger partial charge in [0.1, 0.15) is 0 Å². The van der Waals surface area contributed by atoms with Crippen molar-refractivity contribution in [2.75, 3.05) is 36.8 Å². The maximum atomic E-state index is 12.5. The van der Waals surface area contributed by atoms with Crippen LogP contribution >= 0.6 is 23.1 Å². The number of rotatable bonds is 4. The molecule has 0 radical (unpaired) electrons. The van der Waals surface area contributed by atoms with Crippen molar-refractivity contribution in [3.63, 3.8) is 0 Å². The average Bonchev–Trinajstić information content (AvgIpc) is 3.10. The lowest BCUT2D eigenvalue weighted by Gasteiger charge is -2.34. The lowest BCUT2D eigenvalue weighted by molar-refractivity contribution is -0.128. The summed E-state index contributed by atoms with van der Waals surface area (Å²) in [6.45, 7) is 7.50. The molecule has 27 heavy (non-hydrogen) atoms. The van der Waals surface area contributed by atoms with Gasteiger partial charge in [0.2, 0.25) is 5.91 Å². The van der Waals surface area contributed by atoms with Gasteiger partial charge < -0.3 is 9.80 Å². The van der Waals surface area contributed by atoms with Crippen LogP contribution in [0.2, 0.25) is 0 Å². The van der Waals surface area contributed by atoms with Crippen molar-refractivity contribution in [1.29, 1.82) is 0 Å². The Morgan fingerprint density at radius 3 is 2.52 bits per heavy atom. The van der Waals surface area contributed by atoms with Crippen LogP contribution in [0.1, 0.15) is 11.1 Å². The van der Waals surface area contributed by atoms with Crippen LogP contribution in [0.15, 0.2) is 47.4 Å². The number of aryl methyl sites for hydroxylation is 2. The van der Waals surface area contributed by atoms with Gasteiger partial charge in [-0.15, -0.1) is 11.8 Å². The summed E-state index contributed by atoms with van der Waals surface area (Å²) in [5.41, 5.74) is 3.67. The number of carbonyl (C=O) groups excluding carboxylic acids is 1. The lowest BCUT2D eigenvalue weighted by Crippen LogP contribution is -2.49. The maximum Gasteiger partial charge on any atom is 0.233 e. The minimum absolute atomic E-state index is 0.221. The van der Waals surface area contributed by atoms with Crippen molar-refractivity contribution in [3.05, 3.63) is 53.6 Å². The van der Waals surface area contributed by atoms with E-state index in [1.54, 1.807) is 23.1 Å². The smallest absolute Gasteiger partial charge is 0.233 e. The fourth-order valence-corrected chi connectivity index (χ4v) is 5.12. The molecule has 1 saturated heterocycles. The molecule has 3 aromatic rings. The van der Waals surface area contributed by atoms with Crippen molar-refractivity contribution >= 4 is 44.4 Å². The van der Waals surface area contributed by atoms with Gasteiger partial charge in [-0.1, -0.05) is 29.5 Å². The highest BCUT2D eigenvalue weighted by Gasteiger charge is 2.23. The summed E-state index contributed by atoms with van der Waals surface area (Å²) in [4.78, 5) is 22.8. The predicted octanol–water partition coefficient (Wildman–Crippen LogP) is 4.35. The molecule has 1 aromatic heterocycles. The Balaban J connectivity index is 1.35. The number of nitrogens with zero attached hydrogens (tertiary/aromatic N) is 3. The minimum Gasteiger partial charge on any atom is -0.345 e. The zero-order chi connectivity index (χ0) is 18.8. The second-order valence-corrected chi connectivity index (χ2v) is 8.93. The number of anilines is 1. The van der Waals surface area contributed by atoms with E-state index in [1.807, 2.05) is 35.2 Å². The molecule has 1 amide bonds. The Labute approximate surface area is 168 Å². The highest BCUT2D eigenvalue weighted by Crippen LogP contribution is 2.31. The Morgan fingerprint density at radius 2 is 1.78 bits per heavy atom. The first-order valence-electron chi connectivity index (χ1n) is 9.18. The summed E-state index contributed by atoms with van der Waals surface area (Å²) in [6.07, 6.45) is 0. The molecule has 0 saturated carbocycles. The Kier molecular flexibility index (Phi) is 5.36. The quantitative estimate of drug-likeness (QED) is 0.613. The van der Waals surface area contributed by atoms with E-state index in [4.69, 9.17) is 4.98 Å². The van der Waals surface area contributed by atoms with Crippen molar-refractivity contribution in [3.8, 4) is 0 Å². The van der Waals surface area contributed by atoms with Gasteiger partial charge in [0.15, 0.2) is 5.13 Å². The van der Waals surface area contributed by atoms with Crippen molar-refractivity contribution < 1.29 is 4.79 Å². The molecule has 0 spiro atoms. The van der Waals surface area contributed by atoms with Gasteiger partial charge in [0.05, 0.1) is 16.0 Å². The van der Waals surface area contributed by atoms with E-state index >= 15 is 0 Å². The third-order valence-electron chi connectivity index (χ3n) is 5.00. The number of thioether (sulfide) groups is 1. The molecular weight excluding hydrogens is 374 g/mol. The van der Waals surface area contributed by atoms with Crippen LogP contribution < -0.4 is 4.90 Å². The molecule has 1 fully saturated rings. The molecule has 1 aliphatic heterocycles. The molecule has 2 heterocycles. The van der Waals surface area contributed by atoms with Gasteiger partial charge in [0.25, 0.3) is 0 Å². The topological polar surface area (TPSA) is 36.4 Å². The van der Waals surface area contributed by atoms with Gasteiger partial charge in [-0.2, -0.15) is 0 Å². The van der Waals surface area contributed by atoms with Crippen molar-refractivity contribution in [2.45, 2.75) is 18.7 Å². The SMILES string of the molecule is Cc1cc2nc(N3CCN(C(=O)CSc4ccccc4)CC3)sc2cc1C. The molecule has 140 valence electrons. The van der Waals surface area contributed by atoms with Crippen LogP contribution in [-0.2, 0) is 4.79 Å². The number of piperazine rings is 1. The number of carbonyl (C=O) groups is 1. The van der Waals surface area contributed by atoms with Crippen molar-refractivity contribution in [1.82, 2.24) is 9.88 Å². The number of thiazole rings is 1. The number of hydrogen-bond donors (Lipinski definition) is 0. The maximum absolute atomic E-state index is 12.5. The molecule has 6 heteroatoms. The fraction of sp³-hybridized carbons (Fsp3) is 0.333. The Bertz CT molecular complexity index is 908. The van der Waals surface area contributed by atoms with E-state index in [-0.39, 0.29) is 5.91 Å². The molecule has 0 atom stereocenters. The summed E-state index contributed by atoms with van der Waals surface area (Å²) >= 11 is 3.36. The molecule has 2 aromatic carbocycles. The standard InChI is InChI=1S/C21H23N3OS2/c1-15-12-18-19(13-16(15)2)27-21(22-18)24-10-8-23(9-11-24)20(25)14-26-17-6-4-3-5-7-17/h3-7,12-13H,8-11,14H2,1-2H3. The Hall–Kier alpha value is -2.05. The van der Waals surface area contributed by atoms with E-state index in [0.29, 0.717) is 5.75 Å². The van der Waals surface area contributed by atoms with Gasteiger partial charge in [-0.05, 0) is 49.2 Å². The third kappa shape index (κ3) is 4.12. The van der Waals surface area contributed by atoms with Gasteiger partial charge >= 0.3 is 0 Å². The van der Waals surface area contributed by atoms with Gasteiger partial charge in [0, 0.05) is 31.1 Å². The normalized spacial score (nSPS) is 14.7. The second kappa shape index (κ2) is 7.90. The van der Waals surface area contributed by atoms with Crippen LogP contribution in [0.5, 0.6) is 0 Å². The zero-order valence-electron chi connectivity index (χ0n) is 15.6. The molecule has 0 bridgehead atoms. The molecule has 4 rings (SSSR count). The molecule has 0 unspecified atom stereocenters. The first-order valence-corrected chi connectivity index (χ1v) is 11.0. The van der Waals surface area contributed by atoms with E-state index < -0.39 is 0 Å². The number of aromatic nitrogens is 1. The molecular formula is C21H23N3OS2. The van der Waals surface area contributed by atoms with Crippen LogP contribution in [0.25, 0.3) is 10.2 Å². The second-order valence-electron chi connectivity index (χ2n) is 6.87. The Morgan fingerprint density at radius 1 is 1.07 bits per heavy atom. The minimum atomic E-state index is 0.221. The summed E-state index contributed by atoms with van der Waals surface area (Å²) in [5.74, 6) is 0.725. The van der Waals surface area contributed by atoms with E-state index in [2.05, 4.69) is 30.9 Å². The van der Waals surface area contributed by atoms with Crippen molar-refractivity contribution in [2.24, 2.45) is 0 Å². The monoisotopic (exact) mass is 397 g/mol.